The third-order valence-corrected chi connectivity index (χ3v) is 7.24. The van der Waals surface area contributed by atoms with Crippen molar-refractivity contribution in [3.8, 4) is 0 Å². The molecule has 0 aromatic rings. The summed E-state index contributed by atoms with van der Waals surface area (Å²) in [4.78, 5) is 47.4. The summed E-state index contributed by atoms with van der Waals surface area (Å²) >= 11 is 0. The van der Waals surface area contributed by atoms with Crippen LogP contribution in [0.4, 0.5) is 0 Å². The lowest BCUT2D eigenvalue weighted by atomic mass is 9.93. The summed E-state index contributed by atoms with van der Waals surface area (Å²) in [6.07, 6.45) is -20.4. The topological polar surface area (TPSA) is 292 Å². The van der Waals surface area contributed by atoms with E-state index < -0.39 is 122 Å². The Hall–Kier alpha value is -2.56. The lowest BCUT2D eigenvalue weighted by Gasteiger charge is -2.49. The van der Waals surface area contributed by atoms with Crippen LogP contribution >= 0.6 is 0 Å². The van der Waals surface area contributed by atoms with Gasteiger partial charge < -0.3 is 75.4 Å². The first kappa shape index (κ1) is 34.9. The fourth-order valence-corrected chi connectivity index (χ4v) is 5.23. The van der Waals surface area contributed by atoms with Gasteiger partial charge >= 0.3 is 5.97 Å². The van der Waals surface area contributed by atoms with Gasteiger partial charge in [-0.05, 0) is 6.92 Å². The van der Waals surface area contributed by atoms with Gasteiger partial charge in [-0.25, -0.2) is 4.79 Å². The number of aliphatic carboxylic acids is 1. The summed E-state index contributed by atoms with van der Waals surface area (Å²) in [6.45, 7) is 3.97. The molecule has 10 N–H and O–H groups in total. The summed E-state index contributed by atoms with van der Waals surface area (Å²) in [6, 6.07) is -4.11. The summed E-state index contributed by atoms with van der Waals surface area (Å²) in [7, 11) is 0. The molecule has 43 heavy (non-hydrogen) atoms. The summed E-state index contributed by atoms with van der Waals surface area (Å²) < 4.78 is 27.7. The van der Waals surface area contributed by atoms with Crippen LogP contribution in [0.5, 0.6) is 0 Å². The number of carbonyl (C=O) groups excluding carboxylic acids is 3. The normalized spacial score (nSPS) is 43.3. The standard InChI is InChI=1S/C24H39N3O16/c1-6-11(25-7(2)29)14(32)17(35)24(39-6)42-19-16(34)13(27-9(4)31)23(43-20(19)21(36)37)41-18-10(5-28)40-22(38)12(15(18)33)26-8(3)30/h6,10-20,22-24,28,32-35,38H,5H2,1-4H3,(H,25,29)(H,26,30)(H,27,31)(H,36,37)/t6-,10-,11+,12-,13+,14+,15-,16-,17-,18-,19+,20+,22+,23-,24-/m1/s1. The van der Waals surface area contributed by atoms with Crippen molar-refractivity contribution in [3.05, 3.63) is 0 Å². The lowest BCUT2D eigenvalue weighted by molar-refractivity contribution is -0.348. The number of rotatable bonds is 9. The molecule has 3 aliphatic heterocycles. The Kier molecular flexibility index (Phi) is 11.8. The van der Waals surface area contributed by atoms with Crippen LogP contribution in [0.25, 0.3) is 0 Å². The molecule has 3 amide bonds. The van der Waals surface area contributed by atoms with Crippen molar-refractivity contribution in [1.82, 2.24) is 16.0 Å². The second kappa shape index (κ2) is 14.5. The van der Waals surface area contributed by atoms with Crippen LogP contribution in [-0.2, 0) is 42.9 Å². The summed E-state index contributed by atoms with van der Waals surface area (Å²) in [5, 5.41) is 80.3. The fourth-order valence-electron chi connectivity index (χ4n) is 5.23. The molecule has 0 spiro atoms. The van der Waals surface area contributed by atoms with Crippen molar-refractivity contribution in [2.45, 2.75) is 120 Å². The molecule has 19 heteroatoms. The Bertz CT molecular complexity index is 1020. The minimum absolute atomic E-state index is 0.521. The van der Waals surface area contributed by atoms with Gasteiger partial charge in [0, 0.05) is 20.8 Å². The van der Waals surface area contributed by atoms with Gasteiger partial charge in [0.25, 0.3) is 0 Å². The molecule has 0 aliphatic carbocycles. The largest absolute Gasteiger partial charge is 0.479 e. The predicted molar refractivity (Wildman–Crippen MR) is 135 cm³/mol. The smallest absolute Gasteiger partial charge is 0.335 e. The van der Waals surface area contributed by atoms with Crippen LogP contribution in [0.1, 0.15) is 27.7 Å². The maximum atomic E-state index is 12.2. The van der Waals surface area contributed by atoms with E-state index >= 15 is 0 Å². The number of amides is 3. The van der Waals surface area contributed by atoms with E-state index in [0.717, 1.165) is 13.8 Å². The van der Waals surface area contributed by atoms with Gasteiger partial charge in [0.1, 0.15) is 54.8 Å². The van der Waals surface area contributed by atoms with E-state index in [1.165, 1.54) is 13.8 Å². The zero-order valence-electron chi connectivity index (χ0n) is 23.7. The minimum atomic E-state index is -2.06. The van der Waals surface area contributed by atoms with E-state index in [0.29, 0.717) is 0 Å². The monoisotopic (exact) mass is 625 g/mol. The number of hydrogen-bond acceptors (Lipinski definition) is 15. The highest BCUT2D eigenvalue weighted by Crippen LogP contribution is 2.32. The third-order valence-electron chi connectivity index (χ3n) is 7.24. The molecule has 3 heterocycles. The van der Waals surface area contributed by atoms with E-state index in [4.69, 9.17) is 23.7 Å². The second-order valence-electron chi connectivity index (χ2n) is 10.6. The van der Waals surface area contributed by atoms with Crippen LogP contribution in [0.2, 0.25) is 0 Å². The van der Waals surface area contributed by atoms with Crippen molar-refractivity contribution in [2.24, 2.45) is 0 Å². The zero-order chi connectivity index (χ0) is 32.3. The SMILES string of the molecule is CC(=O)N[C@@H]1[C@H](O[C@H]2[C@H](O)[C@@H](NC(C)=O)[C@@H](O)O[C@@H]2CO)O[C@H](C(=O)O)[C@@H](O[C@H]2O[C@H](C)[C@H](NC(C)=O)[C@H](O)[C@H]2O)[C@@H]1O. The van der Waals surface area contributed by atoms with E-state index in [9.17, 15) is 54.9 Å². The van der Waals surface area contributed by atoms with Gasteiger partial charge in [-0.2, -0.15) is 0 Å². The van der Waals surface area contributed by atoms with Crippen LogP contribution in [0.3, 0.4) is 0 Å². The number of nitrogens with one attached hydrogen (secondary N) is 3. The highest BCUT2D eigenvalue weighted by molar-refractivity contribution is 5.75. The molecule has 0 bridgehead atoms. The predicted octanol–water partition coefficient (Wildman–Crippen LogP) is -6.02. The Morgan fingerprint density at radius 2 is 1.19 bits per heavy atom. The Morgan fingerprint density at radius 3 is 1.72 bits per heavy atom. The van der Waals surface area contributed by atoms with Crippen molar-refractivity contribution in [2.75, 3.05) is 6.61 Å². The highest BCUT2D eigenvalue weighted by atomic mass is 16.7. The number of aliphatic hydroxyl groups excluding tert-OH is 6. The average molecular weight is 626 g/mol. The number of ether oxygens (including phenoxy) is 5. The first-order chi connectivity index (χ1) is 20.1. The van der Waals surface area contributed by atoms with E-state index in [1.54, 1.807) is 0 Å². The van der Waals surface area contributed by atoms with Crippen molar-refractivity contribution >= 4 is 23.7 Å². The molecule has 15 atom stereocenters. The van der Waals surface area contributed by atoms with Gasteiger partial charge in [0.2, 0.25) is 17.7 Å². The van der Waals surface area contributed by atoms with Gasteiger partial charge in [-0.1, -0.05) is 0 Å². The number of carboxylic acids is 1. The molecular formula is C24H39N3O16. The van der Waals surface area contributed by atoms with Gasteiger partial charge in [-0.3, -0.25) is 14.4 Å². The molecular weight excluding hydrogens is 586 g/mol. The van der Waals surface area contributed by atoms with Gasteiger partial charge in [0.15, 0.2) is 25.0 Å². The lowest BCUT2D eigenvalue weighted by Crippen LogP contribution is -2.70. The molecule has 246 valence electrons. The van der Waals surface area contributed by atoms with Crippen molar-refractivity contribution < 1.29 is 78.6 Å². The zero-order valence-corrected chi connectivity index (χ0v) is 23.7. The fraction of sp³-hybridized carbons (Fsp3) is 0.833. The number of aliphatic hydroxyl groups is 6. The van der Waals surface area contributed by atoms with Gasteiger partial charge in [-0.15, -0.1) is 0 Å². The number of carboxylic acid groups (broad SMARTS) is 1. The Balaban J connectivity index is 1.88. The first-order valence-corrected chi connectivity index (χ1v) is 13.4. The van der Waals surface area contributed by atoms with Crippen molar-refractivity contribution in [3.63, 3.8) is 0 Å². The molecule has 3 aliphatic rings. The molecule has 0 unspecified atom stereocenters. The quantitative estimate of drug-likeness (QED) is 0.114. The van der Waals surface area contributed by atoms with E-state index in [1.807, 2.05) is 0 Å². The summed E-state index contributed by atoms with van der Waals surface area (Å²) in [5.74, 6) is -3.61. The maximum Gasteiger partial charge on any atom is 0.335 e. The average Bonchev–Trinajstić information content (AvgIpc) is 2.91. The Labute approximate surface area is 245 Å². The number of carbonyl (C=O) groups is 4. The van der Waals surface area contributed by atoms with Crippen LogP contribution in [0, 0.1) is 0 Å². The van der Waals surface area contributed by atoms with Gasteiger partial charge in [0.05, 0.1) is 18.8 Å². The van der Waals surface area contributed by atoms with Crippen LogP contribution < -0.4 is 16.0 Å². The first-order valence-electron chi connectivity index (χ1n) is 13.4. The molecule has 3 fully saturated rings. The molecule has 0 aromatic carbocycles. The van der Waals surface area contributed by atoms with Crippen molar-refractivity contribution in [1.29, 1.82) is 0 Å². The molecule has 0 aromatic heterocycles. The maximum absolute atomic E-state index is 12.2. The Morgan fingerprint density at radius 1 is 0.674 bits per heavy atom. The van der Waals surface area contributed by atoms with E-state index in [2.05, 4.69) is 16.0 Å². The molecule has 3 rings (SSSR count). The highest BCUT2D eigenvalue weighted by Gasteiger charge is 2.55. The molecule has 0 saturated carbocycles. The number of hydrogen-bond donors (Lipinski definition) is 10. The molecule has 3 saturated heterocycles. The van der Waals surface area contributed by atoms with E-state index in [-0.39, 0.29) is 0 Å². The molecule has 19 nitrogen and oxygen atoms in total. The minimum Gasteiger partial charge on any atom is -0.479 e. The second-order valence-corrected chi connectivity index (χ2v) is 10.6. The van der Waals surface area contributed by atoms with Crippen LogP contribution in [-0.4, -0.2) is 158 Å². The van der Waals surface area contributed by atoms with Crippen LogP contribution in [0.15, 0.2) is 0 Å². The third kappa shape index (κ3) is 7.94. The molecule has 0 radical (unpaired) electrons. The summed E-state index contributed by atoms with van der Waals surface area (Å²) in [5.41, 5.74) is 0.